The van der Waals surface area contributed by atoms with Crippen LogP contribution in [0.15, 0.2) is 58.5 Å². The summed E-state index contributed by atoms with van der Waals surface area (Å²) in [5.74, 6) is 0.293. The van der Waals surface area contributed by atoms with Crippen LogP contribution in [0, 0.1) is 13.8 Å². The van der Waals surface area contributed by atoms with Crippen LogP contribution < -0.4 is 5.69 Å². The minimum Gasteiger partial charge on any atom is -0.293 e. The molecule has 3 aromatic rings. The van der Waals surface area contributed by atoms with Gasteiger partial charge in [0.2, 0.25) is 0 Å². The second-order valence-corrected chi connectivity index (χ2v) is 7.17. The molecule has 3 rings (SSSR count). The number of carbonyl (C=O) groups is 1. The number of aromatic amines is 1. The third-order valence-electron chi connectivity index (χ3n) is 4.22. The molecule has 0 bridgehead atoms. The Labute approximate surface area is 156 Å². The number of Topliss-reactive ketones (excluding diaryl/α,β-unsaturated/α-hetero) is 1. The molecule has 26 heavy (non-hydrogen) atoms. The van der Waals surface area contributed by atoms with E-state index in [1.54, 1.807) is 4.57 Å². The van der Waals surface area contributed by atoms with Gasteiger partial charge < -0.3 is 0 Å². The molecule has 1 N–H and O–H groups in total. The van der Waals surface area contributed by atoms with Crippen LogP contribution >= 0.6 is 11.8 Å². The second-order valence-electron chi connectivity index (χ2n) is 6.23. The summed E-state index contributed by atoms with van der Waals surface area (Å²) in [6.45, 7) is 4.43. The molecule has 0 atom stereocenters. The van der Waals surface area contributed by atoms with Crippen LogP contribution in [-0.2, 0) is 13.0 Å². The van der Waals surface area contributed by atoms with Gasteiger partial charge in [-0.3, -0.25) is 9.36 Å². The van der Waals surface area contributed by atoms with Gasteiger partial charge in [0.1, 0.15) is 0 Å². The SMILES string of the molecule is Cc1ccc(C)c(C(=O)CSc2n[nH]c(=O)n2CCc2ccccc2)c1. The lowest BCUT2D eigenvalue weighted by atomic mass is 10.0. The van der Waals surface area contributed by atoms with Crippen molar-refractivity contribution in [1.82, 2.24) is 14.8 Å². The highest BCUT2D eigenvalue weighted by Gasteiger charge is 2.14. The van der Waals surface area contributed by atoms with Crippen molar-refractivity contribution in [2.45, 2.75) is 32.0 Å². The predicted octanol–water partition coefficient (Wildman–Crippen LogP) is 3.41. The Balaban J connectivity index is 1.68. The fourth-order valence-corrected chi connectivity index (χ4v) is 3.60. The van der Waals surface area contributed by atoms with Crippen LogP contribution in [0.3, 0.4) is 0 Å². The highest BCUT2D eigenvalue weighted by atomic mass is 32.2. The van der Waals surface area contributed by atoms with Gasteiger partial charge in [-0.05, 0) is 37.5 Å². The number of hydrogen-bond donors (Lipinski definition) is 1. The van der Waals surface area contributed by atoms with Crippen molar-refractivity contribution >= 4 is 17.5 Å². The first-order chi connectivity index (χ1) is 12.5. The molecule has 0 amide bonds. The van der Waals surface area contributed by atoms with Crippen molar-refractivity contribution in [3.8, 4) is 0 Å². The smallest absolute Gasteiger partial charge is 0.293 e. The lowest BCUT2D eigenvalue weighted by Gasteiger charge is -2.07. The molecule has 0 saturated carbocycles. The average molecular weight is 367 g/mol. The van der Waals surface area contributed by atoms with Gasteiger partial charge in [0, 0.05) is 12.1 Å². The van der Waals surface area contributed by atoms with E-state index in [9.17, 15) is 9.59 Å². The topological polar surface area (TPSA) is 67.8 Å². The van der Waals surface area contributed by atoms with Crippen LogP contribution in [-0.4, -0.2) is 26.3 Å². The third kappa shape index (κ3) is 4.32. The summed E-state index contributed by atoms with van der Waals surface area (Å²) in [5, 5.41) is 7.10. The third-order valence-corrected chi connectivity index (χ3v) is 5.19. The van der Waals surface area contributed by atoms with Gasteiger partial charge in [-0.1, -0.05) is 59.8 Å². The van der Waals surface area contributed by atoms with E-state index in [0.29, 0.717) is 11.7 Å². The molecule has 1 heterocycles. The molecule has 0 fully saturated rings. The van der Waals surface area contributed by atoms with E-state index in [1.165, 1.54) is 11.8 Å². The zero-order valence-electron chi connectivity index (χ0n) is 14.9. The quantitative estimate of drug-likeness (QED) is 0.513. The molecule has 6 heteroatoms. The Morgan fingerprint density at radius 3 is 2.69 bits per heavy atom. The van der Waals surface area contributed by atoms with Crippen molar-refractivity contribution in [2.24, 2.45) is 0 Å². The molecule has 0 radical (unpaired) electrons. The number of aromatic nitrogens is 3. The summed E-state index contributed by atoms with van der Waals surface area (Å²) in [7, 11) is 0. The molecule has 2 aromatic carbocycles. The molecular formula is C20H21N3O2S. The summed E-state index contributed by atoms with van der Waals surface area (Å²) >= 11 is 1.29. The first kappa shape index (κ1) is 18.2. The van der Waals surface area contributed by atoms with Gasteiger partial charge in [0.15, 0.2) is 10.9 Å². The first-order valence-electron chi connectivity index (χ1n) is 8.47. The van der Waals surface area contributed by atoms with Crippen LogP contribution in [0.2, 0.25) is 0 Å². The summed E-state index contributed by atoms with van der Waals surface area (Å²) in [5.41, 5.74) is 3.66. The first-order valence-corrected chi connectivity index (χ1v) is 9.45. The normalized spacial score (nSPS) is 10.8. The largest absolute Gasteiger partial charge is 0.343 e. The van der Waals surface area contributed by atoms with E-state index in [1.807, 2.05) is 62.4 Å². The molecule has 0 saturated heterocycles. The van der Waals surface area contributed by atoms with E-state index in [4.69, 9.17) is 0 Å². The van der Waals surface area contributed by atoms with Gasteiger partial charge in [0.05, 0.1) is 5.75 Å². The highest BCUT2D eigenvalue weighted by Crippen LogP contribution is 2.18. The van der Waals surface area contributed by atoms with Crippen molar-refractivity contribution in [3.05, 3.63) is 81.3 Å². The maximum Gasteiger partial charge on any atom is 0.343 e. The number of H-pyrrole nitrogens is 1. The molecule has 0 unspecified atom stereocenters. The number of aryl methyl sites for hydroxylation is 3. The Morgan fingerprint density at radius 1 is 1.15 bits per heavy atom. The van der Waals surface area contributed by atoms with E-state index in [0.717, 1.165) is 28.7 Å². The van der Waals surface area contributed by atoms with Gasteiger partial charge >= 0.3 is 5.69 Å². The minimum absolute atomic E-state index is 0.0428. The molecule has 1 aromatic heterocycles. The predicted molar refractivity (Wildman–Crippen MR) is 104 cm³/mol. The average Bonchev–Trinajstić information content (AvgIpc) is 3.00. The molecule has 0 spiro atoms. The Morgan fingerprint density at radius 2 is 1.92 bits per heavy atom. The van der Waals surface area contributed by atoms with Crippen molar-refractivity contribution in [1.29, 1.82) is 0 Å². The monoisotopic (exact) mass is 367 g/mol. The van der Waals surface area contributed by atoms with E-state index in [-0.39, 0.29) is 17.2 Å². The van der Waals surface area contributed by atoms with Crippen molar-refractivity contribution < 1.29 is 4.79 Å². The summed E-state index contributed by atoms with van der Waals surface area (Å²) in [6.07, 6.45) is 0.735. The Kier molecular flexibility index (Phi) is 5.73. The van der Waals surface area contributed by atoms with Crippen molar-refractivity contribution in [3.63, 3.8) is 0 Å². The van der Waals surface area contributed by atoms with Crippen LogP contribution in [0.5, 0.6) is 0 Å². The number of ketones is 1. The Hall–Kier alpha value is -2.60. The standard InChI is InChI=1S/C20H21N3O2S/c1-14-8-9-15(2)17(12-14)18(24)13-26-20-22-21-19(25)23(20)11-10-16-6-4-3-5-7-16/h3-9,12H,10-11,13H2,1-2H3,(H,21,25). The number of carbonyl (C=O) groups excluding carboxylic acids is 1. The summed E-state index contributed by atoms with van der Waals surface area (Å²) in [4.78, 5) is 24.6. The molecule has 5 nitrogen and oxygen atoms in total. The molecule has 134 valence electrons. The number of rotatable bonds is 7. The summed E-state index contributed by atoms with van der Waals surface area (Å²) in [6, 6.07) is 15.8. The minimum atomic E-state index is -0.248. The van der Waals surface area contributed by atoms with Crippen LogP contribution in [0.25, 0.3) is 0 Å². The molecule has 0 aliphatic carbocycles. The van der Waals surface area contributed by atoms with Gasteiger partial charge in [-0.25, -0.2) is 9.89 Å². The molecular weight excluding hydrogens is 346 g/mol. The lowest BCUT2D eigenvalue weighted by Crippen LogP contribution is -2.19. The van der Waals surface area contributed by atoms with Crippen molar-refractivity contribution in [2.75, 3.05) is 5.75 Å². The number of hydrogen-bond acceptors (Lipinski definition) is 4. The molecule has 0 aliphatic rings. The van der Waals surface area contributed by atoms with E-state index >= 15 is 0 Å². The summed E-state index contributed by atoms with van der Waals surface area (Å²) < 4.78 is 1.59. The van der Waals surface area contributed by atoms with Gasteiger partial charge in [-0.15, -0.1) is 5.10 Å². The zero-order chi connectivity index (χ0) is 18.5. The molecule has 0 aliphatic heterocycles. The number of thioether (sulfide) groups is 1. The lowest BCUT2D eigenvalue weighted by molar-refractivity contribution is 0.102. The number of nitrogens with one attached hydrogen (secondary N) is 1. The fourth-order valence-electron chi connectivity index (χ4n) is 2.74. The zero-order valence-corrected chi connectivity index (χ0v) is 15.7. The maximum absolute atomic E-state index is 12.5. The second kappa shape index (κ2) is 8.19. The number of nitrogens with zero attached hydrogens (tertiary/aromatic N) is 2. The maximum atomic E-state index is 12.5. The van der Waals surface area contributed by atoms with Gasteiger partial charge in [0.25, 0.3) is 0 Å². The fraction of sp³-hybridized carbons (Fsp3) is 0.250. The number of benzene rings is 2. The van der Waals surface area contributed by atoms with Crippen LogP contribution in [0.4, 0.5) is 0 Å². The van der Waals surface area contributed by atoms with Crippen LogP contribution in [0.1, 0.15) is 27.0 Å². The van der Waals surface area contributed by atoms with E-state index in [2.05, 4.69) is 10.2 Å². The van der Waals surface area contributed by atoms with Gasteiger partial charge in [-0.2, -0.15) is 0 Å². The van der Waals surface area contributed by atoms with E-state index < -0.39 is 0 Å². The highest BCUT2D eigenvalue weighted by molar-refractivity contribution is 7.99. The Bertz CT molecular complexity index is 961.